The molecule has 0 fully saturated rings. The number of hydrogen-bond acceptors (Lipinski definition) is 3. The van der Waals surface area contributed by atoms with E-state index in [1.165, 1.54) is 11.1 Å². The van der Waals surface area contributed by atoms with E-state index < -0.39 is 0 Å². The van der Waals surface area contributed by atoms with Gasteiger partial charge in [0, 0.05) is 19.3 Å². The van der Waals surface area contributed by atoms with Crippen LogP contribution < -0.4 is 4.74 Å². The topological polar surface area (TPSA) is 43.4 Å². The molecule has 0 aromatic heterocycles. The Morgan fingerprint density at radius 3 is 1.81 bits per heavy atom. The van der Waals surface area contributed by atoms with E-state index in [1.807, 2.05) is 30.3 Å². The molecule has 0 radical (unpaired) electrons. The zero-order chi connectivity index (χ0) is 25.3. The molecule has 2 aromatic carbocycles. The van der Waals surface area contributed by atoms with Crippen LogP contribution in [0.4, 0.5) is 0 Å². The number of rotatable bonds is 0. The molecule has 3 heteroatoms. The summed E-state index contributed by atoms with van der Waals surface area (Å²) in [6.07, 6.45) is 22.8. The second kappa shape index (κ2) is 16.7. The number of hydrogen-bond donors (Lipinski definition) is 0. The van der Waals surface area contributed by atoms with Crippen LogP contribution in [0.25, 0.3) is 0 Å². The fourth-order valence-corrected chi connectivity index (χ4v) is 4.65. The maximum absolute atomic E-state index is 12.6. The number of para-hydroxylation sites is 1. The molecule has 0 aliphatic carbocycles. The molecular weight excluding hydrogens is 444 g/mol. The van der Waals surface area contributed by atoms with Gasteiger partial charge in [-0.2, -0.15) is 0 Å². The van der Waals surface area contributed by atoms with Crippen LogP contribution in [0.15, 0.2) is 72.8 Å². The van der Waals surface area contributed by atoms with Crippen LogP contribution in [0.5, 0.6) is 5.75 Å². The van der Waals surface area contributed by atoms with Crippen molar-refractivity contribution < 1.29 is 14.3 Å². The molecule has 1 heterocycles. The van der Waals surface area contributed by atoms with Gasteiger partial charge in [0.05, 0.1) is 0 Å². The molecule has 1 aliphatic rings. The first-order chi connectivity index (χ1) is 17.7. The third-order valence-corrected chi connectivity index (χ3v) is 6.79. The summed E-state index contributed by atoms with van der Waals surface area (Å²) in [6.45, 7) is 0. The molecule has 0 unspecified atom stereocenters. The average molecular weight is 487 g/mol. The highest BCUT2D eigenvalue weighted by atomic mass is 16.5. The largest absolute Gasteiger partial charge is 0.426 e. The Kier molecular flexibility index (Phi) is 12.8. The standard InChI is InChI=1S/C33H42O3/c34-31-24-13-9-5-1-4-8-12-21-29-22-17-18-25-32(29)36-33(35)26-14-10-6-2-3-7-11-19-28-20-15-16-23-30(28)27-31/h7-8,11-12,15-18,20,22-23,25H,1-6,9-10,13-14,19,21,24,26-27H2. The van der Waals surface area contributed by atoms with E-state index in [-0.39, 0.29) is 5.97 Å². The zero-order valence-electron chi connectivity index (χ0n) is 21.8. The monoisotopic (exact) mass is 486 g/mol. The molecule has 0 amide bonds. The lowest BCUT2D eigenvalue weighted by molar-refractivity contribution is -0.134. The molecule has 3 rings (SSSR count). The maximum Gasteiger partial charge on any atom is 0.311 e. The predicted molar refractivity (Wildman–Crippen MR) is 148 cm³/mol. The SMILES string of the molecule is O=C1CCCCCCC=CCc2ccccc2OC(=O)CCCCCCC=CCc2ccccc2C1. The van der Waals surface area contributed by atoms with Gasteiger partial charge >= 0.3 is 5.97 Å². The Morgan fingerprint density at radius 1 is 0.528 bits per heavy atom. The Bertz CT molecular complexity index is 920. The fourth-order valence-electron chi connectivity index (χ4n) is 4.65. The average Bonchev–Trinajstić information content (AvgIpc) is 2.88. The number of Topliss-reactive ketones (excluding diaryl/α,β-unsaturated/α-hetero) is 1. The fraction of sp³-hybridized carbons (Fsp3) is 0.455. The summed E-state index contributed by atoms with van der Waals surface area (Å²) in [5, 5.41) is 0. The van der Waals surface area contributed by atoms with Gasteiger partial charge in [-0.15, -0.1) is 0 Å². The normalized spacial score (nSPS) is 18.1. The lowest BCUT2D eigenvalue weighted by Gasteiger charge is -2.09. The highest BCUT2D eigenvalue weighted by Gasteiger charge is 2.09. The number of ether oxygens (including phenoxy) is 1. The third-order valence-electron chi connectivity index (χ3n) is 6.79. The van der Waals surface area contributed by atoms with Gasteiger partial charge in [0.25, 0.3) is 0 Å². The van der Waals surface area contributed by atoms with Crippen LogP contribution in [-0.2, 0) is 28.9 Å². The maximum atomic E-state index is 12.6. The van der Waals surface area contributed by atoms with E-state index in [4.69, 9.17) is 4.74 Å². The Morgan fingerprint density at radius 2 is 1.08 bits per heavy atom. The lowest BCUT2D eigenvalue weighted by Crippen LogP contribution is -2.09. The molecule has 0 saturated heterocycles. The smallest absolute Gasteiger partial charge is 0.311 e. The van der Waals surface area contributed by atoms with E-state index in [2.05, 4.69) is 42.5 Å². The lowest BCUT2D eigenvalue weighted by atomic mass is 9.97. The van der Waals surface area contributed by atoms with Crippen molar-refractivity contribution in [2.24, 2.45) is 0 Å². The molecule has 0 bridgehead atoms. The minimum atomic E-state index is -0.134. The van der Waals surface area contributed by atoms with Gasteiger partial charge < -0.3 is 4.74 Å². The van der Waals surface area contributed by atoms with Gasteiger partial charge in [0.15, 0.2) is 0 Å². The van der Waals surface area contributed by atoms with E-state index in [1.54, 1.807) is 0 Å². The van der Waals surface area contributed by atoms with Gasteiger partial charge in [-0.1, -0.05) is 92.5 Å². The van der Waals surface area contributed by atoms with Crippen LogP contribution in [0.3, 0.4) is 0 Å². The van der Waals surface area contributed by atoms with Crippen LogP contribution in [0.1, 0.15) is 93.7 Å². The second-order valence-electron chi connectivity index (χ2n) is 9.82. The first-order valence-electron chi connectivity index (χ1n) is 13.9. The van der Waals surface area contributed by atoms with Crippen LogP contribution in [0.2, 0.25) is 0 Å². The van der Waals surface area contributed by atoms with Gasteiger partial charge in [0.2, 0.25) is 0 Å². The molecule has 2 aromatic rings. The summed E-state index contributed by atoms with van der Waals surface area (Å²) in [7, 11) is 0. The Labute approximate surface area is 217 Å². The van der Waals surface area contributed by atoms with Crippen molar-refractivity contribution in [1.82, 2.24) is 0 Å². The van der Waals surface area contributed by atoms with E-state index >= 15 is 0 Å². The molecule has 0 atom stereocenters. The molecule has 3 nitrogen and oxygen atoms in total. The summed E-state index contributed by atoms with van der Waals surface area (Å²) >= 11 is 0. The minimum absolute atomic E-state index is 0.134. The van der Waals surface area contributed by atoms with Crippen molar-refractivity contribution in [1.29, 1.82) is 0 Å². The van der Waals surface area contributed by atoms with Gasteiger partial charge in [0.1, 0.15) is 11.5 Å². The van der Waals surface area contributed by atoms with Crippen LogP contribution in [0, 0.1) is 0 Å². The summed E-state index contributed by atoms with van der Waals surface area (Å²) in [4.78, 5) is 24.9. The minimum Gasteiger partial charge on any atom is -0.426 e. The van der Waals surface area contributed by atoms with Crippen LogP contribution in [-0.4, -0.2) is 11.8 Å². The molecule has 36 heavy (non-hydrogen) atoms. The first kappa shape index (κ1) is 27.6. The van der Waals surface area contributed by atoms with Crippen molar-refractivity contribution in [3.8, 4) is 5.75 Å². The van der Waals surface area contributed by atoms with Gasteiger partial charge in [-0.25, -0.2) is 0 Å². The quantitative estimate of drug-likeness (QED) is 0.214. The van der Waals surface area contributed by atoms with Crippen molar-refractivity contribution in [2.45, 2.75) is 96.3 Å². The number of carbonyl (C=O) groups is 2. The van der Waals surface area contributed by atoms with Crippen molar-refractivity contribution in [2.75, 3.05) is 0 Å². The molecule has 1 aliphatic heterocycles. The summed E-state index contributed by atoms with van der Waals surface area (Å²) < 4.78 is 5.68. The van der Waals surface area contributed by atoms with E-state index in [9.17, 15) is 9.59 Å². The zero-order valence-corrected chi connectivity index (χ0v) is 21.8. The van der Waals surface area contributed by atoms with E-state index in [0.717, 1.165) is 82.6 Å². The second-order valence-corrected chi connectivity index (χ2v) is 9.82. The third kappa shape index (κ3) is 10.8. The number of esters is 1. The number of benzene rings is 2. The molecule has 0 spiro atoms. The predicted octanol–water partition coefficient (Wildman–Crippen LogP) is 8.30. The van der Waals surface area contributed by atoms with Crippen molar-refractivity contribution >= 4 is 11.8 Å². The molecule has 192 valence electrons. The van der Waals surface area contributed by atoms with Crippen molar-refractivity contribution in [3.63, 3.8) is 0 Å². The summed E-state index contributed by atoms with van der Waals surface area (Å²) in [5.74, 6) is 0.905. The van der Waals surface area contributed by atoms with Crippen molar-refractivity contribution in [3.05, 3.63) is 89.5 Å². The Balaban J connectivity index is 1.54. The molecule has 0 N–H and O–H groups in total. The number of allylic oxidation sites excluding steroid dienone is 4. The summed E-state index contributed by atoms with van der Waals surface area (Å²) in [6, 6.07) is 16.2. The number of ketones is 1. The number of fused-ring (bicyclic) bond motifs is 2. The van der Waals surface area contributed by atoms with Gasteiger partial charge in [-0.3, -0.25) is 9.59 Å². The summed E-state index contributed by atoms with van der Waals surface area (Å²) in [5.41, 5.74) is 3.48. The Hall–Kier alpha value is -2.94. The van der Waals surface area contributed by atoms with Crippen LogP contribution >= 0.6 is 0 Å². The molecule has 0 saturated carbocycles. The molecular formula is C33H42O3. The van der Waals surface area contributed by atoms with Gasteiger partial charge in [-0.05, 0) is 74.1 Å². The van der Waals surface area contributed by atoms with E-state index in [0.29, 0.717) is 30.8 Å². The highest BCUT2D eigenvalue weighted by Crippen LogP contribution is 2.21. The first-order valence-corrected chi connectivity index (χ1v) is 13.9. The number of carbonyl (C=O) groups excluding carboxylic acids is 2. The highest BCUT2D eigenvalue weighted by molar-refractivity contribution is 5.81.